The molecule has 0 radical (unpaired) electrons. The third-order valence-corrected chi connectivity index (χ3v) is 3.78. The SMILES string of the molecule is C=CC(CC)(CN=Cc1ccccc1)c1ccccc1. The van der Waals surface area contributed by atoms with E-state index in [9.17, 15) is 0 Å². The molecule has 1 unspecified atom stereocenters. The lowest BCUT2D eigenvalue weighted by Gasteiger charge is -2.28. The predicted octanol–water partition coefficient (Wildman–Crippen LogP) is 4.64. The van der Waals surface area contributed by atoms with Gasteiger partial charge in [0.2, 0.25) is 0 Å². The molecular weight excluding hydrogens is 242 g/mol. The van der Waals surface area contributed by atoms with Gasteiger partial charge in [-0.15, -0.1) is 6.58 Å². The second-order valence-corrected chi connectivity index (χ2v) is 4.96. The van der Waals surface area contributed by atoms with E-state index in [-0.39, 0.29) is 5.41 Å². The van der Waals surface area contributed by atoms with Crippen LogP contribution in [0.15, 0.2) is 78.3 Å². The van der Waals surface area contributed by atoms with Crippen molar-refractivity contribution in [3.63, 3.8) is 0 Å². The molecule has 0 heterocycles. The summed E-state index contributed by atoms with van der Waals surface area (Å²) in [5.41, 5.74) is 2.34. The molecule has 102 valence electrons. The van der Waals surface area contributed by atoms with Gasteiger partial charge in [-0.2, -0.15) is 0 Å². The van der Waals surface area contributed by atoms with Crippen LogP contribution in [0.4, 0.5) is 0 Å². The Balaban J connectivity index is 2.18. The van der Waals surface area contributed by atoms with Crippen molar-refractivity contribution in [1.29, 1.82) is 0 Å². The lowest BCUT2D eigenvalue weighted by molar-refractivity contribution is 0.531. The molecule has 0 spiro atoms. The molecule has 0 aliphatic rings. The molecule has 20 heavy (non-hydrogen) atoms. The number of benzene rings is 2. The van der Waals surface area contributed by atoms with Gasteiger partial charge >= 0.3 is 0 Å². The van der Waals surface area contributed by atoms with Crippen molar-refractivity contribution in [2.24, 2.45) is 4.99 Å². The third-order valence-electron chi connectivity index (χ3n) is 3.78. The molecule has 0 aromatic heterocycles. The van der Waals surface area contributed by atoms with Gasteiger partial charge < -0.3 is 0 Å². The minimum Gasteiger partial charge on any atom is -0.291 e. The topological polar surface area (TPSA) is 12.4 Å². The zero-order valence-corrected chi connectivity index (χ0v) is 12.0. The predicted molar refractivity (Wildman–Crippen MR) is 87.5 cm³/mol. The summed E-state index contributed by atoms with van der Waals surface area (Å²) >= 11 is 0. The van der Waals surface area contributed by atoms with Crippen LogP contribution in [0.1, 0.15) is 24.5 Å². The summed E-state index contributed by atoms with van der Waals surface area (Å²) in [6, 6.07) is 20.7. The smallest absolute Gasteiger partial charge is 0.0521 e. The van der Waals surface area contributed by atoms with Crippen LogP contribution in [0, 0.1) is 0 Å². The van der Waals surface area contributed by atoms with Gasteiger partial charge in [-0.05, 0) is 17.5 Å². The molecule has 2 rings (SSSR count). The van der Waals surface area contributed by atoms with Gasteiger partial charge in [0.1, 0.15) is 0 Å². The van der Waals surface area contributed by atoms with Crippen molar-refractivity contribution in [3.05, 3.63) is 84.4 Å². The highest BCUT2D eigenvalue weighted by molar-refractivity contribution is 5.79. The quantitative estimate of drug-likeness (QED) is 0.532. The highest BCUT2D eigenvalue weighted by atomic mass is 14.7. The summed E-state index contributed by atoms with van der Waals surface area (Å²) in [6.45, 7) is 6.95. The fraction of sp³-hybridized carbons (Fsp3) is 0.211. The molecule has 1 nitrogen and oxygen atoms in total. The van der Waals surface area contributed by atoms with Crippen molar-refractivity contribution in [2.45, 2.75) is 18.8 Å². The molecule has 0 bridgehead atoms. The maximum atomic E-state index is 4.64. The van der Waals surface area contributed by atoms with Crippen LogP contribution in [-0.2, 0) is 5.41 Å². The second kappa shape index (κ2) is 6.85. The second-order valence-electron chi connectivity index (χ2n) is 4.96. The molecule has 0 amide bonds. The van der Waals surface area contributed by atoms with E-state index in [4.69, 9.17) is 0 Å². The highest BCUT2D eigenvalue weighted by Crippen LogP contribution is 2.29. The Kier molecular flexibility index (Phi) is 4.89. The Morgan fingerprint density at radius 2 is 1.60 bits per heavy atom. The molecule has 2 aromatic carbocycles. The van der Waals surface area contributed by atoms with Crippen molar-refractivity contribution in [1.82, 2.24) is 0 Å². The summed E-state index contributed by atoms with van der Waals surface area (Å²) in [7, 11) is 0. The number of aliphatic imine (C=N–C) groups is 1. The van der Waals surface area contributed by atoms with Crippen LogP contribution >= 0.6 is 0 Å². The van der Waals surface area contributed by atoms with E-state index in [1.165, 1.54) is 5.56 Å². The van der Waals surface area contributed by atoms with Crippen LogP contribution in [0.2, 0.25) is 0 Å². The minimum atomic E-state index is -0.0768. The molecule has 0 aliphatic heterocycles. The molecule has 1 heteroatoms. The van der Waals surface area contributed by atoms with E-state index in [0.29, 0.717) is 0 Å². The molecule has 0 N–H and O–H groups in total. The van der Waals surface area contributed by atoms with E-state index in [1.807, 2.05) is 36.6 Å². The maximum Gasteiger partial charge on any atom is 0.0521 e. The Morgan fingerprint density at radius 1 is 1.00 bits per heavy atom. The first-order valence-corrected chi connectivity index (χ1v) is 7.05. The van der Waals surface area contributed by atoms with E-state index in [1.54, 1.807) is 0 Å². The van der Waals surface area contributed by atoms with Crippen molar-refractivity contribution < 1.29 is 0 Å². The van der Waals surface area contributed by atoms with E-state index >= 15 is 0 Å². The Morgan fingerprint density at radius 3 is 2.15 bits per heavy atom. The number of hydrogen-bond donors (Lipinski definition) is 0. The molecule has 0 saturated heterocycles. The Labute approximate surface area is 121 Å². The molecule has 0 aliphatic carbocycles. The average Bonchev–Trinajstić information content (AvgIpc) is 2.54. The first-order valence-electron chi connectivity index (χ1n) is 7.05. The first-order chi connectivity index (χ1) is 9.80. The average molecular weight is 263 g/mol. The van der Waals surface area contributed by atoms with E-state index < -0.39 is 0 Å². The van der Waals surface area contributed by atoms with Crippen LogP contribution in [0.5, 0.6) is 0 Å². The zero-order valence-electron chi connectivity index (χ0n) is 12.0. The van der Waals surface area contributed by atoms with Gasteiger partial charge in [0, 0.05) is 11.6 Å². The summed E-state index contributed by atoms with van der Waals surface area (Å²) < 4.78 is 0. The zero-order chi connectivity index (χ0) is 14.3. The highest BCUT2D eigenvalue weighted by Gasteiger charge is 2.25. The fourth-order valence-corrected chi connectivity index (χ4v) is 2.36. The fourth-order valence-electron chi connectivity index (χ4n) is 2.36. The summed E-state index contributed by atoms with van der Waals surface area (Å²) in [5.74, 6) is 0. The maximum absolute atomic E-state index is 4.64. The lowest BCUT2D eigenvalue weighted by Crippen LogP contribution is -2.26. The molecule has 2 aromatic rings. The lowest BCUT2D eigenvalue weighted by atomic mass is 9.78. The van der Waals surface area contributed by atoms with Crippen molar-refractivity contribution >= 4 is 6.21 Å². The minimum absolute atomic E-state index is 0.0768. The monoisotopic (exact) mass is 263 g/mol. The Bertz CT molecular complexity index is 557. The van der Waals surface area contributed by atoms with Gasteiger partial charge in [-0.1, -0.05) is 73.7 Å². The molecule has 1 atom stereocenters. The van der Waals surface area contributed by atoms with Crippen LogP contribution in [-0.4, -0.2) is 12.8 Å². The van der Waals surface area contributed by atoms with Crippen LogP contribution in [0.3, 0.4) is 0 Å². The summed E-state index contributed by atoms with van der Waals surface area (Å²) in [5, 5.41) is 0. The van der Waals surface area contributed by atoms with Crippen LogP contribution < -0.4 is 0 Å². The van der Waals surface area contributed by atoms with E-state index in [0.717, 1.165) is 18.5 Å². The third kappa shape index (κ3) is 3.24. The summed E-state index contributed by atoms with van der Waals surface area (Å²) in [4.78, 5) is 4.64. The Hall–Kier alpha value is -2.15. The number of hydrogen-bond acceptors (Lipinski definition) is 1. The van der Waals surface area contributed by atoms with Crippen molar-refractivity contribution in [3.8, 4) is 0 Å². The van der Waals surface area contributed by atoms with Gasteiger partial charge in [-0.25, -0.2) is 0 Å². The molecule has 0 fully saturated rings. The van der Waals surface area contributed by atoms with Crippen molar-refractivity contribution in [2.75, 3.05) is 6.54 Å². The van der Waals surface area contributed by atoms with Gasteiger partial charge in [0.25, 0.3) is 0 Å². The van der Waals surface area contributed by atoms with Gasteiger partial charge in [0.05, 0.1) is 6.54 Å². The number of rotatable bonds is 6. The number of nitrogens with zero attached hydrogens (tertiary/aromatic N) is 1. The summed E-state index contributed by atoms with van der Waals surface area (Å²) in [6.07, 6.45) is 4.97. The van der Waals surface area contributed by atoms with Gasteiger partial charge in [0.15, 0.2) is 0 Å². The molecule has 0 saturated carbocycles. The molecular formula is C19H21N. The van der Waals surface area contributed by atoms with E-state index in [2.05, 4.69) is 54.9 Å². The van der Waals surface area contributed by atoms with Gasteiger partial charge in [-0.3, -0.25) is 4.99 Å². The normalized spacial score (nSPS) is 14.1. The van der Waals surface area contributed by atoms with Crippen LogP contribution in [0.25, 0.3) is 0 Å². The largest absolute Gasteiger partial charge is 0.291 e. The first kappa shape index (κ1) is 14.3. The standard InChI is InChI=1S/C19H21N/c1-3-19(4-2,18-13-9-6-10-14-18)16-20-15-17-11-7-5-8-12-17/h3,5-15H,1,4,16H2,2H3.